The Balaban J connectivity index is 1.26. The number of carbonyl (C=O) groups excluding carboxylic acids is 2. The van der Waals surface area contributed by atoms with E-state index in [2.05, 4.69) is 4.98 Å². The third-order valence-electron chi connectivity index (χ3n) is 5.42. The Bertz CT molecular complexity index is 1280. The predicted octanol–water partition coefficient (Wildman–Crippen LogP) is 1.95. The summed E-state index contributed by atoms with van der Waals surface area (Å²) in [5, 5.41) is 1.31. The summed E-state index contributed by atoms with van der Waals surface area (Å²) in [4.78, 5) is 30.8. The Labute approximate surface area is 188 Å². The molecule has 0 spiro atoms. The van der Waals surface area contributed by atoms with Crippen LogP contribution in [0.2, 0.25) is 0 Å². The molecule has 4 heterocycles. The first-order valence-electron chi connectivity index (χ1n) is 9.88. The van der Waals surface area contributed by atoms with Gasteiger partial charge >= 0.3 is 5.97 Å². The number of carbonyl (C=O) groups is 2. The number of nitrogens with zero attached hydrogens (tertiary/aromatic N) is 3. The van der Waals surface area contributed by atoms with Crippen molar-refractivity contribution in [1.82, 2.24) is 14.5 Å². The van der Waals surface area contributed by atoms with Crippen molar-refractivity contribution in [2.24, 2.45) is 0 Å². The van der Waals surface area contributed by atoms with E-state index in [1.807, 2.05) is 0 Å². The van der Waals surface area contributed by atoms with E-state index in [-0.39, 0.29) is 34.5 Å². The minimum atomic E-state index is -3.39. The van der Waals surface area contributed by atoms with Crippen LogP contribution in [0.15, 0.2) is 52.3 Å². The van der Waals surface area contributed by atoms with Gasteiger partial charge in [0.1, 0.15) is 23.4 Å². The number of imidazole rings is 1. The van der Waals surface area contributed by atoms with Gasteiger partial charge in [0.2, 0.25) is 15.0 Å². The highest BCUT2D eigenvalue weighted by Crippen LogP contribution is 2.45. The Morgan fingerprint density at radius 3 is 2.81 bits per heavy atom. The second-order valence-corrected chi connectivity index (χ2v) is 10.5. The third kappa shape index (κ3) is 3.51. The van der Waals surface area contributed by atoms with Crippen LogP contribution < -0.4 is 4.74 Å². The van der Waals surface area contributed by atoms with E-state index in [1.165, 1.54) is 16.7 Å². The third-order valence-corrected chi connectivity index (χ3v) is 8.21. The van der Waals surface area contributed by atoms with Gasteiger partial charge in [-0.3, -0.25) is 9.69 Å². The number of aromatic nitrogens is 2. The molecule has 1 amide bonds. The van der Waals surface area contributed by atoms with Crippen LogP contribution in [0.25, 0.3) is 6.08 Å². The minimum absolute atomic E-state index is 0.0410. The van der Waals surface area contributed by atoms with Gasteiger partial charge in [-0.25, -0.2) is 18.2 Å². The molecule has 0 radical (unpaired) electrons. The molecule has 1 aromatic heterocycles. The number of esters is 1. The second-order valence-electron chi connectivity index (χ2n) is 7.50. The number of rotatable bonds is 5. The monoisotopic (exact) mass is 473 g/mol. The van der Waals surface area contributed by atoms with Crippen LogP contribution in [0.3, 0.4) is 0 Å². The lowest BCUT2D eigenvalue weighted by Crippen LogP contribution is -2.51. The van der Waals surface area contributed by atoms with Gasteiger partial charge < -0.3 is 14.0 Å². The first-order chi connectivity index (χ1) is 15.4. The zero-order chi connectivity index (χ0) is 22.5. The van der Waals surface area contributed by atoms with Crippen molar-refractivity contribution < 1.29 is 27.5 Å². The van der Waals surface area contributed by atoms with E-state index in [9.17, 15) is 18.0 Å². The average Bonchev–Trinajstić information content (AvgIpc) is 3.39. The fourth-order valence-corrected chi connectivity index (χ4v) is 6.33. The Hall–Kier alpha value is -3.05. The Morgan fingerprint density at radius 1 is 1.31 bits per heavy atom. The van der Waals surface area contributed by atoms with Gasteiger partial charge in [0.25, 0.3) is 5.91 Å². The highest BCUT2D eigenvalue weighted by atomic mass is 32.2. The van der Waals surface area contributed by atoms with E-state index >= 15 is 0 Å². The van der Waals surface area contributed by atoms with Crippen molar-refractivity contribution in [3.63, 3.8) is 0 Å². The summed E-state index contributed by atoms with van der Waals surface area (Å²) in [5.41, 5.74) is 1.89. The molecule has 5 rings (SSSR count). The fraction of sp³-hybridized carbons (Fsp3) is 0.286. The number of sulfone groups is 1. The number of ether oxygens (including phenoxy) is 2. The van der Waals surface area contributed by atoms with Crippen molar-refractivity contribution in [2.45, 2.75) is 30.1 Å². The maximum atomic E-state index is 12.7. The summed E-state index contributed by atoms with van der Waals surface area (Å²) in [6, 6.07) is 7.15. The molecule has 1 aromatic carbocycles. The van der Waals surface area contributed by atoms with Crippen LogP contribution >= 0.6 is 11.8 Å². The summed E-state index contributed by atoms with van der Waals surface area (Å²) in [6.45, 7) is 0.656. The number of β-lactam (4-membered cyclic amide) rings is 1. The van der Waals surface area contributed by atoms with Crippen molar-refractivity contribution in [1.29, 1.82) is 0 Å². The Morgan fingerprint density at radius 2 is 2.09 bits per heavy atom. The minimum Gasteiger partial charge on any atom is -0.497 e. The summed E-state index contributed by atoms with van der Waals surface area (Å²) in [6.07, 6.45) is 3.78. The number of hydrogen-bond acceptors (Lipinski definition) is 8. The molecule has 0 N–H and O–H groups in total. The van der Waals surface area contributed by atoms with E-state index in [0.717, 1.165) is 5.56 Å². The lowest BCUT2D eigenvalue weighted by Gasteiger charge is -2.37. The fourth-order valence-electron chi connectivity index (χ4n) is 3.78. The summed E-state index contributed by atoms with van der Waals surface area (Å²) in [5.74, 6) is -0.107. The largest absolute Gasteiger partial charge is 0.497 e. The topological polar surface area (TPSA) is 108 Å². The SMILES string of the molecule is COc1ccc(COC(=O)C2=CS[C@@H]3C(=Cc4cn5c(n4)S(=O)(=O)CCC5)C(=O)N23)cc1. The van der Waals surface area contributed by atoms with E-state index in [4.69, 9.17) is 9.47 Å². The highest BCUT2D eigenvalue weighted by molar-refractivity contribution is 8.03. The maximum absolute atomic E-state index is 12.7. The maximum Gasteiger partial charge on any atom is 0.355 e. The van der Waals surface area contributed by atoms with E-state index in [1.54, 1.807) is 53.6 Å². The molecular weight excluding hydrogens is 454 g/mol. The lowest BCUT2D eigenvalue weighted by atomic mass is 10.0. The number of methoxy groups -OCH3 is 1. The standard InChI is InChI=1S/C21H19N3O6S2/c1-29-15-5-3-13(4-6-15)11-30-20(26)17-12-31-19-16(18(25)24(17)19)9-14-10-23-7-2-8-32(27,28)21(23)22-14/h3-6,9-10,12,19H,2,7-8,11H2,1H3/t19-/m1/s1. The zero-order valence-corrected chi connectivity index (χ0v) is 18.7. The van der Waals surface area contributed by atoms with Crippen LogP contribution in [0.4, 0.5) is 0 Å². The normalized spacial score (nSPS) is 22.1. The number of benzene rings is 1. The lowest BCUT2D eigenvalue weighted by molar-refractivity contribution is -0.146. The van der Waals surface area contributed by atoms with Gasteiger partial charge in [-0.1, -0.05) is 12.1 Å². The molecule has 1 saturated heterocycles. The number of fused-ring (bicyclic) bond motifs is 2. The summed E-state index contributed by atoms with van der Waals surface area (Å²) < 4.78 is 36.4. The number of thioether (sulfide) groups is 1. The molecule has 1 atom stereocenters. The van der Waals surface area contributed by atoms with E-state index in [0.29, 0.717) is 30.0 Å². The molecule has 3 aliphatic rings. The van der Waals surface area contributed by atoms with Gasteiger partial charge in [0.15, 0.2) is 0 Å². The predicted molar refractivity (Wildman–Crippen MR) is 116 cm³/mol. The molecule has 32 heavy (non-hydrogen) atoms. The van der Waals surface area contributed by atoms with Gasteiger partial charge in [-0.2, -0.15) is 0 Å². The molecule has 3 aliphatic heterocycles. The van der Waals surface area contributed by atoms with Crippen molar-refractivity contribution in [3.8, 4) is 5.75 Å². The van der Waals surface area contributed by atoms with Crippen LogP contribution in [0.5, 0.6) is 5.75 Å². The molecule has 166 valence electrons. The van der Waals surface area contributed by atoms with Crippen molar-refractivity contribution in [3.05, 3.63) is 58.4 Å². The zero-order valence-electron chi connectivity index (χ0n) is 17.1. The smallest absolute Gasteiger partial charge is 0.355 e. The molecule has 1 fully saturated rings. The number of amides is 1. The first kappa shape index (κ1) is 20.8. The van der Waals surface area contributed by atoms with E-state index < -0.39 is 15.8 Å². The molecule has 0 bridgehead atoms. The molecule has 0 saturated carbocycles. The quantitative estimate of drug-likeness (QED) is 0.368. The molecule has 2 aromatic rings. The summed E-state index contributed by atoms with van der Waals surface area (Å²) in [7, 11) is -1.81. The average molecular weight is 474 g/mol. The van der Waals surface area contributed by atoms with Crippen LogP contribution in [0.1, 0.15) is 17.7 Å². The first-order valence-corrected chi connectivity index (χ1v) is 12.5. The molecule has 9 nitrogen and oxygen atoms in total. The molecule has 11 heteroatoms. The second kappa shape index (κ2) is 7.82. The molecular formula is C21H19N3O6S2. The molecule has 0 aliphatic carbocycles. The van der Waals surface area contributed by atoms with Gasteiger partial charge in [-0.15, -0.1) is 11.8 Å². The Kier molecular flexibility index (Phi) is 5.09. The number of hydrogen-bond donors (Lipinski definition) is 0. The van der Waals surface area contributed by atoms with Crippen LogP contribution in [0, 0.1) is 0 Å². The van der Waals surface area contributed by atoms with Crippen molar-refractivity contribution in [2.75, 3.05) is 12.9 Å². The highest BCUT2D eigenvalue weighted by Gasteiger charge is 2.50. The number of aryl methyl sites for hydroxylation is 1. The van der Waals surface area contributed by atoms with Crippen molar-refractivity contribution >= 4 is 39.6 Å². The van der Waals surface area contributed by atoms with Crippen LogP contribution in [-0.4, -0.2) is 53.0 Å². The molecule has 0 unspecified atom stereocenters. The van der Waals surface area contributed by atoms with Gasteiger partial charge in [0.05, 0.1) is 24.1 Å². The van der Waals surface area contributed by atoms with Crippen LogP contribution in [-0.2, 0) is 37.3 Å². The van der Waals surface area contributed by atoms with Gasteiger partial charge in [0, 0.05) is 18.1 Å². The van der Waals surface area contributed by atoms with Gasteiger partial charge in [-0.05, 0) is 30.2 Å². The summed E-state index contributed by atoms with van der Waals surface area (Å²) >= 11 is 1.33.